The summed E-state index contributed by atoms with van der Waals surface area (Å²) < 4.78 is 0. The molecule has 0 aliphatic heterocycles. The molecule has 0 heterocycles. The fourth-order valence-corrected chi connectivity index (χ4v) is 1.09. The summed E-state index contributed by atoms with van der Waals surface area (Å²) in [5, 5.41) is 8.63. The Labute approximate surface area is 90.9 Å². The van der Waals surface area contributed by atoms with Crippen LogP contribution in [0.25, 0.3) is 0 Å². The Bertz CT molecular complexity index is 119. The van der Waals surface area contributed by atoms with E-state index in [-0.39, 0.29) is 0 Å². The average Bonchev–Trinajstić information content (AvgIpc) is 2.94. The van der Waals surface area contributed by atoms with Gasteiger partial charge in [0.05, 0.1) is 0 Å². The van der Waals surface area contributed by atoms with Crippen LogP contribution < -0.4 is 0 Å². The highest BCUT2D eigenvalue weighted by molar-refractivity contribution is 7.85. The van der Waals surface area contributed by atoms with E-state index in [1.165, 1.54) is 43.9 Å². The minimum atomic E-state index is 1.15. The number of hydrogen-bond acceptors (Lipinski definition) is 2. The van der Waals surface area contributed by atoms with Crippen LogP contribution in [0.1, 0.15) is 45.4 Å². The Morgan fingerprint density at radius 1 is 1.38 bits per heavy atom. The van der Waals surface area contributed by atoms with Gasteiger partial charge in [0.1, 0.15) is 5.40 Å². The van der Waals surface area contributed by atoms with Crippen molar-refractivity contribution < 1.29 is 0 Å². The minimum absolute atomic E-state index is 1.15. The van der Waals surface area contributed by atoms with E-state index in [0.717, 1.165) is 5.92 Å². The molecule has 0 bridgehead atoms. The molecule has 1 fully saturated rings. The molecule has 1 nitrogen and oxygen atoms in total. The van der Waals surface area contributed by atoms with E-state index in [1.54, 1.807) is 0 Å². The SMILES string of the molecule is CCCCCC1CC1.CP.N#CS. The minimum Gasteiger partial charge on any atom is -0.185 e. The normalized spacial score (nSPS) is 12.8. The van der Waals surface area contributed by atoms with Crippen LogP contribution >= 0.6 is 21.9 Å². The topological polar surface area (TPSA) is 23.8 Å². The van der Waals surface area contributed by atoms with E-state index in [0.29, 0.717) is 0 Å². The lowest BCUT2D eigenvalue weighted by Gasteiger charge is -1.92. The largest absolute Gasteiger partial charge is 0.185 e. The molecule has 0 aromatic heterocycles. The van der Waals surface area contributed by atoms with Crippen molar-refractivity contribution in [1.82, 2.24) is 0 Å². The Kier molecular flexibility index (Phi) is 17.9. The first-order valence-corrected chi connectivity index (χ1v) is 6.56. The molecule has 0 amide bonds. The van der Waals surface area contributed by atoms with Gasteiger partial charge in [-0.2, -0.15) is 5.26 Å². The van der Waals surface area contributed by atoms with Gasteiger partial charge in [0.15, 0.2) is 0 Å². The third-order valence-corrected chi connectivity index (χ3v) is 1.91. The number of nitriles is 1. The first-order valence-electron chi connectivity index (χ1n) is 4.96. The molecule has 0 aromatic carbocycles. The van der Waals surface area contributed by atoms with Gasteiger partial charge in [0.25, 0.3) is 0 Å². The van der Waals surface area contributed by atoms with Gasteiger partial charge in [0.2, 0.25) is 0 Å². The summed E-state index contributed by atoms with van der Waals surface area (Å²) in [5.74, 6) is 1.15. The molecular weight excluding hydrogens is 197 g/mol. The molecule has 0 saturated heterocycles. The van der Waals surface area contributed by atoms with Gasteiger partial charge in [-0.1, -0.05) is 64.7 Å². The van der Waals surface area contributed by atoms with Crippen LogP contribution in [-0.2, 0) is 0 Å². The molecule has 1 unspecified atom stereocenters. The number of nitrogens with zero attached hydrogens (tertiary/aromatic N) is 1. The molecule has 0 radical (unpaired) electrons. The number of unbranched alkanes of at least 4 members (excludes halogenated alkanes) is 2. The van der Waals surface area contributed by atoms with Crippen LogP contribution in [0, 0.1) is 16.6 Å². The molecule has 1 rings (SSSR count). The van der Waals surface area contributed by atoms with Crippen LogP contribution in [0.15, 0.2) is 0 Å². The van der Waals surface area contributed by atoms with Crippen LogP contribution in [-0.4, -0.2) is 6.66 Å². The third-order valence-electron chi connectivity index (χ3n) is 1.91. The van der Waals surface area contributed by atoms with Crippen molar-refractivity contribution in [2.24, 2.45) is 5.92 Å². The van der Waals surface area contributed by atoms with Crippen molar-refractivity contribution in [3.8, 4) is 5.40 Å². The van der Waals surface area contributed by atoms with Gasteiger partial charge in [-0.25, -0.2) is 0 Å². The lowest BCUT2D eigenvalue weighted by atomic mass is 10.1. The molecule has 0 N–H and O–H groups in total. The molecule has 78 valence electrons. The predicted molar refractivity (Wildman–Crippen MR) is 67.1 cm³/mol. The summed E-state index contributed by atoms with van der Waals surface area (Å²) in [6, 6.07) is 0. The number of rotatable bonds is 4. The number of hydrogen-bond donors (Lipinski definition) is 1. The van der Waals surface area contributed by atoms with Gasteiger partial charge >= 0.3 is 0 Å². The van der Waals surface area contributed by atoms with E-state index in [2.05, 4.69) is 28.8 Å². The third kappa shape index (κ3) is 18.9. The van der Waals surface area contributed by atoms with Crippen LogP contribution in [0.4, 0.5) is 0 Å². The maximum Gasteiger partial charge on any atom is 0.130 e. The van der Waals surface area contributed by atoms with E-state index < -0.39 is 0 Å². The van der Waals surface area contributed by atoms with Crippen LogP contribution in [0.3, 0.4) is 0 Å². The monoisotopic (exact) mass is 219 g/mol. The Morgan fingerprint density at radius 3 is 2.15 bits per heavy atom. The Morgan fingerprint density at radius 2 is 1.85 bits per heavy atom. The molecule has 1 aliphatic rings. The number of thiol groups is 1. The highest BCUT2D eigenvalue weighted by Gasteiger charge is 2.19. The molecule has 0 spiro atoms. The molecule has 1 atom stereocenters. The smallest absolute Gasteiger partial charge is 0.130 e. The summed E-state index contributed by atoms with van der Waals surface area (Å²) >= 11 is 3.09. The highest BCUT2D eigenvalue weighted by atomic mass is 32.1. The second kappa shape index (κ2) is 14.8. The average molecular weight is 219 g/mol. The summed E-state index contributed by atoms with van der Waals surface area (Å²) in [5.41, 5.74) is 0. The first kappa shape index (κ1) is 15.7. The van der Waals surface area contributed by atoms with Gasteiger partial charge < -0.3 is 0 Å². The standard InChI is InChI=1S/C8H16.CHNS.CH5P/c1-2-3-4-5-8-6-7-8;2-1-3;1-2/h8H,2-7H2,1H3;3H;2H2,1H3. The fourth-order valence-electron chi connectivity index (χ4n) is 1.09. The predicted octanol–water partition coefficient (Wildman–Crippen LogP) is 3.87. The van der Waals surface area contributed by atoms with Crippen molar-refractivity contribution in [2.75, 3.05) is 6.66 Å². The van der Waals surface area contributed by atoms with Gasteiger partial charge in [-0.15, -0.1) is 9.24 Å². The maximum absolute atomic E-state index is 7.18. The fraction of sp³-hybridized carbons (Fsp3) is 0.900. The van der Waals surface area contributed by atoms with Crippen molar-refractivity contribution in [3.63, 3.8) is 0 Å². The molecule has 1 saturated carbocycles. The van der Waals surface area contributed by atoms with Crippen LogP contribution in [0.5, 0.6) is 0 Å². The summed E-state index contributed by atoms with van der Waals surface area (Å²) in [6.07, 6.45) is 8.91. The maximum atomic E-state index is 7.18. The second-order valence-electron chi connectivity index (χ2n) is 3.04. The van der Waals surface area contributed by atoms with Crippen molar-refractivity contribution in [1.29, 1.82) is 5.26 Å². The molecule has 3 heteroatoms. The zero-order chi connectivity index (χ0) is 10.5. The molecule has 0 aromatic rings. The number of thiocyanates is 1. The lowest BCUT2D eigenvalue weighted by Crippen LogP contribution is -1.75. The highest BCUT2D eigenvalue weighted by Crippen LogP contribution is 2.33. The second-order valence-corrected chi connectivity index (χ2v) is 3.24. The van der Waals surface area contributed by atoms with Gasteiger partial charge in [0, 0.05) is 0 Å². The quantitative estimate of drug-likeness (QED) is 0.330. The van der Waals surface area contributed by atoms with E-state index in [4.69, 9.17) is 5.26 Å². The molecular formula is C10H22NPS. The summed E-state index contributed by atoms with van der Waals surface area (Å²) in [4.78, 5) is 0. The lowest BCUT2D eigenvalue weighted by molar-refractivity contribution is 0.620. The van der Waals surface area contributed by atoms with Gasteiger partial charge in [-0.05, 0) is 5.92 Å². The zero-order valence-corrected chi connectivity index (χ0v) is 10.8. The molecule has 1 aliphatic carbocycles. The van der Waals surface area contributed by atoms with E-state index >= 15 is 0 Å². The molecule has 13 heavy (non-hydrogen) atoms. The Hall–Kier alpha value is 0.270. The van der Waals surface area contributed by atoms with Crippen molar-refractivity contribution in [3.05, 3.63) is 0 Å². The first-order chi connectivity index (χ1) is 6.35. The van der Waals surface area contributed by atoms with E-state index in [9.17, 15) is 0 Å². The van der Waals surface area contributed by atoms with E-state index in [1.807, 2.05) is 6.66 Å². The Balaban J connectivity index is 0. The van der Waals surface area contributed by atoms with Crippen molar-refractivity contribution in [2.45, 2.75) is 45.4 Å². The van der Waals surface area contributed by atoms with Crippen molar-refractivity contribution >= 4 is 21.9 Å². The zero-order valence-electron chi connectivity index (χ0n) is 8.79. The van der Waals surface area contributed by atoms with Gasteiger partial charge in [-0.3, -0.25) is 0 Å². The summed E-state index contributed by atoms with van der Waals surface area (Å²) in [7, 11) is 2.42. The van der Waals surface area contributed by atoms with Crippen LogP contribution in [0.2, 0.25) is 0 Å². The summed E-state index contributed by atoms with van der Waals surface area (Å²) in [6.45, 7) is 4.19.